The largest absolute Gasteiger partial charge is 0.493 e. The number of amides is 2. The number of ether oxygens (including phenoxy) is 2. The second-order valence-electron chi connectivity index (χ2n) is 18.3. The van der Waals surface area contributed by atoms with Crippen LogP contribution in [0.15, 0.2) is 48.5 Å². The molecule has 0 aliphatic heterocycles. The van der Waals surface area contributed by atoms with Gasteiger partial charge in [0, 0.05) is 11.4 Å². The van der Waals surface area contributed by atoms with Crippen molar-refractivity contribution in [2.24, 2.45) is 11.8 Å². The van der Waals surface area contributed by atoms with Gasteiger partial charge in [0.25, 0.3) is 0 Å². The zero-order valence-corrected chi connectivity index (χ0v) is 40.9. The lowest BCUT2D eigenvalue weighted by atomic mass is 10.2. The van der Waals surface area contributed by atoms with E-state index in [1.54, 1.807) is 48.5 Å². The summed E-state index contributed by atoms with van der Waals surface area (Å²) < 4.78 is 38.7. The van der Waals surface area contributed by atoms with Gasteiger partial charge in [-0.3, -0.25) is 9.59 Å². The van der Waals surface area contributed by atoms with Gasteiger partial charge in [-0.15, -0.1) is 0 Å². The molecule has 52 heavy (non-hydrogen) atoms. The van der Waals surface area contributed by atoms with E-state index in [2.05, 4.69) is 116 Å². The van der Waals surface area contributed by atoms with Gasteiger partial charge >= 0.3 is 28.9 Å². The van der Waals surface area contributed by atoms with Crippen molar-refractivity contribution in [1.29, 1.82) is 0 Å². The van der Waals surface area contributed by atoms with E-state index in [4.69, 9.17) is 25.9 Å². The second-order valence-corrected chi connectivity index (χ2v) is 43.8. The number of hydrogen-bond acceptors (Lipinski definition) is 8. The minimum Gasteiger partial charge on any atom is -0.493 e. The Morgan fingerprint density at radius 3 is 0.962 bits per heavy atom. The molecule has 0 aromatic heterocycles. The highest BCUT2D eigenvalue weighted by Gasteiger charge is 2.42. The molecule has 10 nitrogen and oxygen atoms in total. The predicted octanol–water partition coefficient (Wildman–Crippen LogP) is 9.84. The monoisotopic (exact) mass is 824 g/mol. The number of nitrogens with one attached hydrogen (secondary N) is 2. The number of hydrogen-bond donors (Lipinski definition) is 2. The maximum absolute atomic E-state index is 12.7. The van der Waals surface area contributed by atoms with Gasteiger partial charge in [0.15, 0.2) is 33.3 Å². The summed E-state index contributed by atoms with van der Waals surface area (Å²) in [7, 11) is -11.8. The molecule has 294 valence electrons. The maximum Gasteiger partial charge on any atom is 0.314 e. The maximum atomic E-state index is 12.7. The Bertz CT molecular complexity index is 1290. The number of anilines is 2. The van der Waals surface area contributed by atoms with Gasteiger partial charge in [0.1, 0.15) is 11.5 Å². The summed E-state index contributed by atoms with van der Waals surface area (Å²) in [4.78, 5) is 25.3. The van der Waals surface area contributed by atoms with E-state index in [0.717, 1.165) is 12.1 Å². The summed E-state index contributed by atoms with van der Waals surface area (Å²) in [6, 6.07) is 15.7. The van der Waals surface area contributed by atoms with Crippen molar-refractivity contribution >= 4 is 73.6 Å². The molecule has 0 bridgehead atoms. The van der Waals surface area contributed by atoms with E-state index in [-0.39, 0.29) is 11.8 Å². The molecule has 2 aromatic carbocycles. The average molecular weight is 825 g/mol. The zero-order valence-electron chi connectivity index (χ0n) is 34.9. The van der Waals surface area contributed by atoms with Crippen LogP contribution in [0.1, 0.15) is 13.8 Å². The van der Waals surface area contributed by atoms with E-state index in [9.17, 15) is 9.59 Å². The van der Waals surface area contributed by atoms with Crippen molar-refractivity contribution in [3.63, 3.8) is 0 Å². The lowest BCUT2D eigenvalue weighted by Gasteiger charge is -2.39. The number of carbonyl (C=O) groups is 2. The lowest BCUT2D eigenvalue weighted by Crippen LogP contribution is -2.53. The van der Waals surface area contributed by atoms with Gasteiger partial charge in [-0.1, -0.05) is 13.8 Å². The lowest BCUT2D eigenvalue weighted by molar-refractivity contribution is -0.132. The van der Waals surface area contributed by atoms with E-state index in [1.807, 2.05) is 0 Å². The number of rotatable bonds is 20. The second kappa shape index (κ2) is 18.6. The molecule has 2 amide bonds. The van der Waals surface area contributed by atoms with Crippen molar-refractivity contribution in [2.45, 2.75) is 118 Å². The van der Waals surface area contributed by atoms with Crippen LogP contribution in [0.4, 0.5) is 11.4 Å². The van der Waals surface area contributed by atoms with Gasteiger partial charge in [0.2, 0.25) is 0 Å². The van der Waals surface area contributed by atoms with Gasteiger partial charge < -0.3 is 36.6 Å². The van der Waals surface area contributed by atoms with Crippen LogP contribution in [0, 0.1) is 11.8 Å². The summed E-state index contributed by atoms with van der Waals surface area (Å²) in [5.41, 5.74) is 0.991. The minimum absolute atomic E-state index is 0.240. The van der Waals surface area contributed by atoms with Crippen LogP contribution in [0.2, 0.25) is 104 Å². The van der Waals surface area contributed by atoms with Crippen LogP contribution in [0.3, 0.4) is 0 Å². The predicted molar refractivity (Wildman–Crippen MR) is 230 cm³/mol. The van der Waals surface area contributed by atoms with Crippen molar-refractivity contribution in [3.8, 4) is 11.5 Å². The van der Waals surface area contributed by atoms with E-state index in [1.165, 1.54) is 0 Å². The van der Waals surface area contributed by atoms with Gasteiger partial charge in [-0.2, -0.15) is 0 Å². The molecule has 0 fully saturated rings. The highest BCUT2D eigenvalue weighted by atomic mass is 28.5. The fraction of sp³-hybridized carbons (Fsp3) is 0.611. The molecule has 16 heteroatoms. The third kappa shape index (κ3) is 19.4. The molecule has 0 radical (unpaired) electrons. The SMILES string of the molecule is CC(COc1ccc(NC(=O)C(=O)Nc2ccc(OCC(C)C[Si](C)(O[Si](C)(C)C)O[Si](C)(C)C)cc2)cc1)C[Si](C)(O[Si](C)(C)C)O[Si](C)(C)C. The summed E-state index contributed by atoms with van der Waals surface area (Å²) in [5.74, 6) is 0.315. The molecule has 0 saturated carbocycles. The third-order valence-corrected chi connectivity index (χ3v) is 26.6. The normalized spacial score (nSPS) is 14.4. The molecule has 2 atom stereocenters. The Morgan fingerprint density at radius 1 is 0.481 bits per heavy atom. The average Bonchev–Trinajstić information content (AvgIpc) is 2.91. The van der Waals surface area contributed by atoms with Crippen LogP contribution in [-0.2, 0) is 26.0 Å². The molecule has 2 unspecified atom stereocenters. The first-order valence-corrected chi connectivity index (χ1v) is 37.1. The van der Waals surface area contributed by atoms with E-state index < -0.39 is 62.2 Å². The highest BCUT2D eigenvalue weighted by molar-refractivity contribution is 6.88. The first-order chi connectivity index (χ1) is 23.5. The first kappa shape index (κ1) is 46.3. The molecular weight excluding hydrogens is 757 g/mol. The Morgan fingerprint density at radius 2 is 0.731 bits per heavy atom. The smallest absolute Gasteiger partial charge is 0.314 e. The van der Waals surface area contributed by atoms with Crippen LogP contribution in [0.5, 0.6) is 11.5 Å². The molecule has 0 spiro atoms. The van der Waals surface area contributed by atoms with Crippen molar-refractivity contribution < 1.29 is 35.5 Å². The standard InChI is InChI=1S/C36H68N2O8Si6/c1-29(27-51(15,43-47(3,4)5)44-48(6,7)8)25-41-33-21-17-31(18-22-33)37-35(39)36(40)38-32-19-23-34(24-20-32)42-26-30(2)28-52(16,45-49(9,10)11)46-50(12,13)14/h17-24,29-30H,25-28H2,1-16H3,(H,37,39)(H,38,40). The Balaban J connectivity index is 1.87. The topological polar surface area (TPSA) is 114 Å². The molecule has 0 heterocycles. The van der Waals surface area contributed by atoms with Gasteiger partial charge in [-0.05, 0) is 164 Å². The molecule has 2 N–H and O–H groups in total. The molecule has 0 aliphatic carbocycles. The Kier molecular flexibility index (Phi) is 16.6. The van der Waals surface area contributed by atoms with Gasteiger partial charge in [-0.25, -0.2) is 0 Å². The molecular formula is C36H68N2O8Si6. The molecule has 0 saturated heterocycles. The quantitative estimate of drug-likeness (QED) is 0.100. The third-order valence-electron chi connectivity index (χ3n) is 7.03. The fourth-order valence-corrected chi connectivity index (χ4v) is 32.2. The summed E-state index contributed by atoms with van der Waals surface area (Å²) in [5, 5.41) is 5.31. The van der Waals surface area contributed by atoms with Crippen LogP contribution < -0.4 is 20.1 Å². The summed E-state index contributed by atoms with van der Waals surface area (Å²) >= 11 is 0. The van der Waals surface area contributed by atoms with Crippen LogP contribution in [0.25, 0.3) is 0 Å². The Hall–Kier alpha value is -1.88. The van der Waals surface area contributed by atoms with Crippen molar-refractivity contribution in [1.82, 2.24) is 0 Å². The van der Waals surface area contributed by atoms with Crippen LogP contribution >= 0.6 is 0 Å². The number of benzene rings is 2. The van der Waals surface area contributed by atoms with Crippen molar-refractivity contribution in [2.75, 3.05) is 23.8 Å². The molecule has 2 aromatic rings. The zero-order chi connectivity index (χ0) is 39.8. The van der Waals surface area contributed by atoms with E-state index in [0.29, 0.717) is 36.1 Å². The van der Waals surface area contributed by atoms with Crippen LogP contribution in [-0.4, -0.2) is 75.4 Å². The van der Waals surface area contributed by atoms with Gasteiger partial charge in [0.05, 0.1) is 13.2 Å². The fourth-order valence-electron chi connectivity index (χ4n) is 6.30. The first-order valence-electron chi connectivity index (χ1n) is 18.4. The summed E-state index contributed by atoms with van der Waals surface area (Å²) in [6.07, 6.45) is 0. The minimum atomic E-state index is -2.37. The molecule has 2 rings (SSSR count). The molecule has 0 aliphatic rings. The number of carbonyl (C=O) groups excluding carboxylic acids is 2. The van der Waals surface area contributed by atoms with Crippen molar-refractivity contribution in [3.05, 3.63) is 48.5 Å². The highest BCUT2D eigenvalue weighted by Crippen LogP contribution is 2.30. The van der Waals surface area contributed by atoms with E-state index >= 15 is 0 Å². The summed E-state index contributed by atoms with van der Waals surface area (Å²) in [6.45, 7) is 36.2. The Labute approximate surface area is 321 Å².